The molecule has 2 N–H and O–H groups in total. The fourth-order valence-corrected chi connectivity index (χ4v) is 3.05. The maximum Gasteiger partial charge on any atom is 0.236 e. The maximum absolute atomic E-state index is 12.2. The molecule has 1 aromatic heterocycles. The van der Waals surface area contributed by atoms with E-state index in [0.717, 1.165) is 12.2 Å². The molecule has 1 saturated carbocycles. The first-order valence-electron chi connectivity index (χ1n) is 7.28. The number of carbonyl (C=O) groups is 1. The van der Waals surface area contributed by atoms with Gasteiger partial charge in [-0.15, -0.1) is 0 Å². The number of hydrogen-bond donors (Lipinski definition) is 1. The number of furan rings is 1. The first-order valence-corrected chi connectivity index (χ1v) is 7.28. The molecule has 0 bridgehead atoms. The Hall–Kier alpha value is -1.33. The largest absolute Gasteiger partial charge is 0.467 e. The van der Waals surface area contributed by atoms with E-state index in [1.165, 1.54) is 12.8 Å². The van der Waals surface area contributed by atoms with Crippen molar-refractivity contribution in [2.75, 3.05) is 27.2 Å². The van der Waals surface area contributed by atoms with Gasteiger partial charge in [0.25, 0.3) is 0 Å². The number of rotatable bonds is 6. The average molecular weight is 279 g/mol. The number of nitrogens with zero attached hydrogens (tertiary/aromatic N) is 2. The molecule has 1 heterocycles. The van der Waals surface area contributed by atoms with Crippen molar-refractivity contribution in [2.45, 2.75) is 31.8 Å². The lowest BCUT2D eigenvalue weighted by Crippen LogP contribution is -2.43. The Bertz CT molecular complexity index is 419. The highest BCUT2D eigenvalue weighted by atomic mass is 16.3. The third-order valence-corrected chi connectivity index (χ3v) is 4.27. The SMILES string of the molecule is CN(Cc1ccco1)C(=O)CN(C)C1CCCC1CN. The van der Waals surface area contributed by atoms with Crippen LogP contribution in [0.4, 0.5) is 0 Å². The molecule has 5 heteroatoms. The summed E-state index contributed by atoms with van der Waals surface area (Å²) in [6.07, 6.45) is 5.17. The molecule has 0 aromatic carbocycles. The fourth-order valence-electron chi connectivity index (χ4n) is 3.05. The van der Waals surface area contributed by atoms with Crippen LogP contribution in [-0.4, -0.2) is 48.9 Å². The Labute approximate surface area is 120 Å². The fraction of sp³-hybridized carbons (Fsp3) is 0.667. The van der Waals surface area contributed by atoms with Gasteiger partial charge >= 0.3 is 0 Å². The van der Waals surface area contributed by atoms with Crippen LogP contribution in [0.5, 0.6) is 0 Å². The van der Waals surface area contributed by atoms with E-state index in [0.29, 0.717) is 31.6 Å². The van der Waals surface area contributed by atoms with Crippen molar-refractivity contribution in [1.82, 2.24) is 9.80 Å². The third-order valence-electron chi connectivity index (χ3n) is 4.27. The van der Waals surface area contributed by atoms with E-state index < -0.39 is 0 Å². The molecular weight excluding hydrogens is 254 g/mol. The van der Waals surface area contributed by atoms with Gasteiger partial charge in [0.1, 0.15) is 5.76 Å². The van der Waals surface area contributed by atoms with E-state index in [1.807, 2.05) is 26.2 Å². The smallest absolute Gasteiger partial charge is 0.236 e. The summed E-state index contributed by atoms with van der Waals surface area (Å²) < 4.78 is 5.27. The minimum atomic E-state index is 0.117. The molecule has 1 aliphatic carbocycles. The predicted octanol–water partition coefficient (Wildman–Crippen LogP) is 1.30. The minimum Gasteiger partial charge on any atom is -0.467 e. The van der Waals surface area contributed by atoms with Crippen molar-refractivity contribution in [3.05, 3.63) is 24.2 Å². The van der Waals surface area contributed by atoms with Crippen molar-refractivity contribution >= 4 is 5.91 Å². The van der Waals surface area contributed by atoms with Crippen LogP contribution in [0.1, 0.15) is 25.0 Å². The Balaban J connectivity index is 1.83. The first kappa shape index (κ1) is 15.1. The van der Waals surface area contributed by atoms with Gasteiger partial charge < -0.3 is 15.1 Å². The second-order valence-electron chi connectivity index (χ2n) is 5.74. The van der Waals surface area contributed by atoms with Gasteiger partial charge in [-0.1, -0.05) is 6.42 Å². The van der Waals surface area contributed by atoms with Crippen LogP contribution in [0.15, 0.2) is 22.8 Å². The van der Waals surface area contributed by atoms with Gasteiger partial charge in [-0.3, -0.25) is 9.69 Å². The summed E-state index contributed by atoms with van der Waals surface area (Å²) in [5.74, 6) is 1.46. The molecule has 0 aliphatic heterocycles. The average Bonchev–Trinajstić information content (AvgIpc) is 3.08. The summed E-state index contributed by atoms with van der Waals surface area (Å²) in [6, 6.07) is 4.17. The number of amides is 1. The quantitative estimate of drug-likeness (QED) is 0.852. The summed E-state index contributed by atoms with van der Waals surface area (Å²) in [6.45, 7) is 1.68. The van der Waals surface area contributed by atoms with Crippen molar-refractivity contribution in [1.29, 1.82) is 0 Å². The Morgan fingerprint density at radius 1 is 1.45 bits per heavy atom. The van der Waals surface area contributed by atoms with Crippen LogP contribution >= 0.6 is 0 Å². The second-order valence-corrected chi connectivity index (χ2v) is 5.74. The van der Waals surface area contributed by atoms with Crippen molar-refractivity contribution in [2.24, 2.45) is 11.7 Å². The molecule has 2 unspecified atom stereocenters. The summed E-state index contributed by atoms with van der Waals surface area (Å²) >= 11 is 0. The molecule has 0 radical (unpaired) electrons. The van der Waals surface area contributed by atoms with Crippen molar-refractivity contribution in [3.63, 3.8) is 0 Å². The molecular formula is C15H25N3O2. The molecule has 1 aromatic rings. The van der Waals surface area contributed by atoms with Gasteiger partial charge in [0, 0.05) is 13.1 Å². The highest BCUT2D eigenvalue weighted by Crippen LogP contribution is 2.28. The predicted molar refractivity (Wildman–Crippen MR) is 78.0 cm³/mol. The molecule has 112 valence electrons. The third kappa shape index (κ3) is 3.61. The Morgan fingerprint density at radius 2 is 2.25 bits per heavy atom. The Morgan fingerprint density at radius 3 is 2.90 bits per heavy atom. The van der Waals surface area contributed by atoms with Crippen molar-refractivity contribution < 1.29 is 9.21 Å². The van der Waals surface area contributed by atoms with Gasteiger partial charge in [0.15, 0.2) is 0 Å². The molecule has 20 heavy (non-hydrogen) atoms. The molecule has 0 saturated heterocycles. The standard InChI is InChI=1S/C15H25N3O2/c1-17(14-7-3-5-12(14)9-16)11-15(19)18(2)10-13-6-4-8-20-13/h4,6,8,12,14H,3,5,7,9-11,16H2,1-2H3. The van der Waals surface area contributed by atoms with Crippen LogP contribution in [0.2, 0.25) is 0 Å². The minimum absolute atomic E-state index is 0.117. The van der Waals surface area contributed by atoms with E-state index in [4.69, 9.17) is 10.2 Å². The van der Waals surface area contributed by atoms with Crippen LogP contribution in [0.25, 0.3) is 0 Å². The number of nitrogens with two attached hydrogens (primary N) is 1. The van der Waals surface area contributed by atoms with Gasteiger partial charge in [0.2, 0.25) is 5.91 Å². The lowest BCUT2D eigenvalue weighted by molar-refractivity contribution is -0.132. The number of likely N-dealkylation sites (N-methyl/N-ethyl adjacent to an activating group) is 2. The van der Waals surface area contributed by atoms with Crippen LogP contribution in [0, 0.1) is 5.92 Å². The molecule has 1 fully saturated rings. The van der Waals surface area contributed by atoms with Crippen LogP contribution in [-0.2, 0) is 11.3 Å². The van der Waals surface area contributed by atoms with Gasteiger partial charge in [0.05, 0.1) is 19.4 Å². The topological polar surface area (TPSA) is 62.7 Å². The zero-order chi connectivity index (χ0) is 14.5. The summed E-state index contributed by atoms with van der Waals surface area (Å²) in [4.78, 5) is 16.1. The molecule has 2 rings (SSSR count). The second kappa shape index (κ2) is 6.90. The molecule has 2 atom stereocenters. The molecule has 0 spiro atoms. The zero-order valence-corrected chi connectivity index (χ0v) is 12.4. The maximum atomic E-state index is 12.2. The van der Waals surface area contributed by atoms with Crippen LogP contribution in [0.3, 0.4) is 0 Å². The highest BCUT2D eigenvalue weighted by molar-refractivity contribution is 5.77. The van der Waals surface area contributed by atoms with E-state index in [1.54, 1.807) is 11.2 Å². The van der Waals surface area contributed by atoms with Gasteiger partial charge in [-0.2, -0.15) is 0 Å². The molecule has 5 nitrogen and oxygen atoms in total. The highest BCUT2D eigenvalue weighted by Gasteiger charge is 2.30. The van der Waals surface area contributed by atoms with Crippen LogP contribution < -0.4 is 5.73 Å². The van der Waals surface area contributed by atoms with E-state index in [9.17, 15) is 4.79 Å². The normalized spacial score (nSPS) is 22.4. The summed E-state index contributed by atoms with van der Waals surface area (Å²) in [5, 5.41) is 0. The molecule has 1 amide bonds. The van der Waals surface area contributed by atoms with E-state index >= 15 is 0 Å². The van der Waals surface area contributed by atoms with Crippen molar-refractivity contribution in [3.8, 4) is 0 Å². The number of hydrogen-bond acceptors (Lipinski definition) is 4. The lowest BCUT2D eigenvalue weighted by atomic mass is 10.0. The zero-order valence-electron chi connectivity index (χ0n) is 12.4. The first-order chi connectivity index (χ1) is 9.61. The summed E-state index contributed by atoms with van der Waals surface area (Å²) in [5.41, 5.74) is 5.81. The Kier molecular flexibility index (Phi) is 5.20. The van der Waals surface area contributed by atoms with Gasteiger partial charge in [-0.05, 0) is 44.5 Å². The number of carbonyl (C=O) groups excluding carboxylic acids is 1. The lowest BCUT2D eigenvalue weighted by Gasteiger charge is -2.30. The molecule has 1 aliphatic rings. The monoisotopic (exact) mass is 279 g/mol. The van der Waals surface area contributed by atoms with Gasteiger partial charge in [-0.25, -0.2) is 0 Å². The van der Waals surface area contributed by atoms with E-state index in [-0.39, 0.29) is 5.91 Å². The van der Waals surface area contributed by atoms with E-state index in [2.05, 4.69) is 4.90 Å². The summed E-state index contributed by atoms with van der Waals surface area (Å²) in [7, 11) is 3.84.